The minimum absolute atomic E-state index is 0.0527. The second-order valence-electron chi connectivity index (χ2n) is 7.44. The number of anilines is 1. The van der Waals surface area contributed by atoms with E-state index in [9.17, 15) is 19.2 Å². The fourth-order valence-electron chi connectivity index (χ4n) is 3.91. The maximum Gasteiger partial charge on any atom is 0.240 e. The third-order valence-electron chi connectivity index (χ3n) is 5.58. The quantitative estimate of drug-likeness (QED) is 0.797. The van der Waals surface area contributed by atoms with E-state index >= 15 is 0 Å². The highest BCUT2D eigenvalue weighted by Crippen LogP contribution is 2.21. The number of piperazine rings is 1. The van der Waals surface area contributed by atoms with E-state index in [2.05, 4.69) is 0 Å². The van der Waals surface area contributed by atoms with E-state index in [-0.39, 0.29) is 24.1 Å². The Morgan fingerprint density at radius 2 is 1.61 bits per heavy atom. The standard InChI is InChI=1S/C21H27FN4O2/c22-18-7-3-4-8-19(18)24-11-13-26(14-12-24)21(28)17(16-23)15-20(27)25-9-5-1-2-6-10-25/h3-4,7-8,17H,1-2,5-6,9-15H2/t17-/m1/s1. The van der Waals surface area contributed by atoms with Gasteiger partial charge >= 0.3 is 0 Å². The van der Waals surface area contributed by atoms with Crippen LogP contribution in [0.15, 0.2) is 24.3 Å². The van der Waals surface area contributed by atoms with E-state index in [1.54, 1.807) is 28.0 Å². The Morgan fingerprint density at radius 3 is 2.21 bits per heavy atom. The number of carbonyl (C=O) groups is 2. The molecule has 0 aliphatic carbocycles. The molecule has 1 aromatic rings. The summed E-state index contributed by atoms with van der Waals surface area (Å²) in [6.07, 6.45) is 4.15. The lowest BCUT2D eigenvalue weighted by molar-refractivity contribution is -0.139. The van der Waals surface area contributed by atoms with Crippen LogP contribution in [-0.4, -0.2) is 60.9 Å². The van der Waals surface area contributed by atoms with Gasteiger partial charge in [0.15, 0.2) is 0 Å². The Hall–Kier alpha value is -2.62. The smallest absolute Gasteiger partial charge is 0.240 e. The van der Waals surface area contributed by atoms with Crippen molar-refractivity contribution in [2.24, 2.45) is 5.92 Å². The summed E-state index contributed by atoms with van der Waals surface area (Å²) >= 11 is 0. The molecule has 0 radical (unpaired) electrons. The van der Waals surface area contributed by atoms with Gasteiger partial charge in [0.05, 0.1) is 18.2 Å². The fraction of sp³-hybridized carbons (Fsp3) is 0.571. The van der Waals surface area contributed by atoms with Gasteiger partial charge in [-0.1, -0.05) is 25.0 Å². The first-order chi connectivity index (χ1) is 13.6. The molecule has 1 aromatic carbocycles. The van der Waals surface area contributed by atoms with Crippen molar-refractivity contribution in [2.45, 2.75) is 32.1 Å². The predicted molar refractivity (Wildman–Crippen MR) is 104 cm³/mol. The van der Waals surface area contributed by atoms with Crippen LogP contribution >= 0.6 is 0 Å². The van der Waals surface area contributed by atoms with Crippen molar-refractivity contribution in [1.82, 2.24) is 9.80 Å². The summed E-state index contributed by atoms with van der Waals surface area (Å²) in [6.45, 7) is 3.28. The first-order valence-corrected chi connectivity index (χ1v) is 10.1. The lowest BCUT2D eigenvalue weighted by atomic mass is 10.0. The summed E-state index contributed by atoms with van der Waals surface area (Å²) in [4.78, 5) is 30.6. The van der Waals surface area contributed by atoms with Crippen LogP contribution in [-0.2, 0) is 9.59 Å². The zero-order valence-electron chi connectivity index (χ0n) is 16.1. The number of hydrogen-bond donors (Lipinski definition) is 0. The minimum atomic E-state index is -0.948. The molecule has 2 heterocycles. The average Bonchev–Trinajstić information content (AvgIpc) is 3.01. The van der Waals surface area contributed by atoms with Crippen LogP contribution < -0.4 is 4.90 Å². The molecule has 2 aliphatic heterocycles. The molecule has 6 nitrogen and oxygen atoms in total. The van der Waals surface area contributed by atoms with Crippen LogP contribution in [0.25, 0.3) is 0 Å². The molecule has 2 saturated heterocycles. The molecule has 2 aliphatic rings. The van der Waals surface area contributed by atoms with Crippen molar-refractivity contribution in [3.8, 4) is 6.07 Å². The number of amides is 2. The van der Waals surface area contributed by atoms with Gasteiger partial charge in [-0.25, -0.2) is 4.39 Å². The number of halogens is 1. The van der Waals surface area contributed by atoms with Crippen molar-refractivity contribution >= 4 is 17.5 Å². The molecule has 3 rings (SSSR count). The highest BCUT2D eigenvalue weighted by Gasteiger charge is 2.31. The lowest BCUT2D eigenvalue weighted by Gasteiger charge is -2.37. The molecule has 0 saturated carbocycles. The molecule has 2 amide bonds. The minimum Gasteiger partial charge on any atom is -0.366 e. The predicted octanol–water partition coefficient (Wildman–Crippen LogP) is 2.41. The third-order valence-corrected chi connectivity index (χ3v) is 5.58. The molecule has 7 heteroatoms. The zero-order chi connectivity index (χ0) is 19.9. The summed E-state index contributed by atoms with van der Waals surface area (Å²) in [7, 11) is 0. The van der Waals surface area contributed by atoms with Gasteiger partial charge in [-0.05, 0) is 25.0 Å². The molecule has 0 N–H and O–H groups in total. The average molecular weight is 386 g/mol. The summed E-state index contributed by atoms with van der Waals surface area (Å²) in [5.41, 5.74) is 0.530. The Kier molecular flexibility index (Phi) is 6.85. The second-order valence-corrected chi connectivity index (χ2v) is 7.44. The summed E-state index contributed by atoms with van der Waals surface area (Å²) < 4.78 is 14.0. The van der Waals surface area contributed by atoms with Gasteiger partial charge in [0.1, 0.15) is 11.7 Å². The van der Waals surface area contributed by atoms with E-state index in [0.29, 0.717) is 45.0 Å². The third kappa shape index (κ3) is 4.80. The first-order valence-electron chi connectivity index (χ1n) is 10.1. The Bertz CT molecular complexity index is 732. The normalized spacial score (nSPS) is 18.9. The van der Waals surface area contributed by atoms with E-state index in [1.807, 2.05) is 11.0 Å². The van der Waals surface area contributed by atoms with Crippen LogP contribution in [0.3, 0.4) is 0 Å². The maximum absolute atomic E-state index is 14.0. The molecule has 28 heavy (non-hydrogen) atoms. The Morgan fingerprint density at radius 1 is 0.964 bits per heavy atom. The maximum atomic E-state index is 14.0. The number of nitrogens with zero attached hydrogens (tertiary/aromatic N) is 4. The number of benzene rings is 1. The fourth-order valence-corrected chi connectivity index (χ4v) is 3.91. The largest absolute Gasteiger partial charge is 0.366 e. The summed E-state index contributed by atoms with van der Waals surface area (Å²) in [5.74, 6) is -1.62. The van der Waals surface area contributed by atoms with Crippen molar-refractivity contribution in [1.29, 1.82) is 5.26 Å². The van der Waals surface area contributed by atoms with Crippen molar-refractivity contribution in [3.63, 3.8) is 0 Å². The second kappa shape index (κ2) is 9.54. The Labute approximate surface area is 165 Å². The zero-order valence-corrected chi connectivity index (χ0v) is 16.1. The van der Waals surface area contributed by atoms with E-state index in [4.69, 9.17) is 0 Å². The van der Waals surface area contributed by atoms with Crippen molar-refractivity contribution in [2.75, 3.05) is 44.2 Å². The molecule has 0 unspecified atom stereocenters. The van der Waals surface area contributed by atoms with Gasteiger partial charge < -0.3 is 14.7 Å². The van der Waals surface area contributed by atoms with Crippen molar-refractivity contribution < 1.29 is 14.0 Å². The number of nitriles is 1. The van der Waals surface area contributed by atoms with Gasteiger partial charge in [0, 0.05) is 39.3 Å². The molecule has 0 bridgehead atoms. The van der Waals surface area contributed by atoms with Crippen LogP contribution in [0.2, 0.25) is 0 Å². The first kappa shape index (κ1) is 20.1. The van der Waals surface area contributed by atoms with Gasteiger partial charge in [-0.2, -0.15) is 5.26 Å². The van der Waals surface area contributed by atoms with Crippen LogP contribution in [0.5, 0.6) is 0 Å². The molecule has 0 aromatic heterocycles. The summed E-state index contributed by atoms with van der Waals surface area (Å²) in [6, 6.07) is 8.61. The van der Waals surface area contributed by atoms with E-state index in [1.165, 1.54) is 6.07 Å². The van der Waals surface area contributed by atoms with Crippen LogP contribution in [0.4, 0.5) is 10.1 Å². The number of likely N-dealkylation sites (tertiary alicyclic amines) is 1. The van der Waals surface area contributed by atoms with Crippen LogP contribution in [0, 0.1) is 23.1 Å². The van der Waals surface area contributed by atoms with E-state index in [0.717, 1.165) is 25.7 Å². The molecule has 150 valence electrons. The molecular formula is C21H27FN4O2. The van der Waals surface area contributed by atoms with Crippen molar-refractivity contribution in [3.05, 3.63) is 30.1 Å². The number of para-hydroxylation sites is 1. The monoisotopic (exact) mass is 386 g/mol. The SMILES string of the molecule is N#C[C@@H](CC(=O)N1CCCCCC1)C(=O)N1CCN(c2ccccc2F)CC1. The number of carbonyl (C=O) groups excluding carboxylic acids is 2. The highest BCUT2D eigenvalue weighted by molar-refractivity contribution is 5.88. The van der Waals surface area contributed by atoms with Gasteiger partial charge in [0.2, 0.25) is 11.8 Å². The van der Waals surface area contributed by atoms with Gasteiger partial charge in [0.25, 0.3) is 0 Å². The molecule has 1 atom stereocenters. The van der Waals surface area contributed by atoms with Gasteiger partial charge in [-0.3, -0.25) is 9.59 Å². The highest BCUT2D eigenvalue weighted by atomic mass is 19.1. The topological polar surface area (TPSA) is 67.6 Å². The molecular weight excluding hydrogens is 359 g/mol. The van der Waals surface area contributed by atoms with E-state index < -0.39 is 5.92 Å². The number of hydrogen-bond acceptors (Lipinski definition) is 4. The lowest BCUT2D eigenvalue weighted by Crippen LogP contribution is -2.51. The molecule has 2 fully saturated rings. The summed E-state index contributed by atoms with van der Waals surface area (Å²) in [5, 5.41) is 9.47. The van der Waals surface area contributed by atoms with Crippen LogP contribution in [0.1, 0.15) is 32.1 Å². The molecule has 0 spiro atoms. The number of rotatable bonds is 4. The Balaban J connectivity index is 1.55. The van der Waals surface area contributed by atoms with Gasteiger partial charge in [-0.15, -0.1) is 0 Å².